The molecule has 1 amide bonds. The van der Waals surface area contributed by atoms with Gasteiger partial charge in [-0.1, -0.05) is 25.1 Å². The molecule has 0 aliphatic rings. The normalized spacial score (nSPS) is 14.7. The van der Waals surface area contributed by atoms with Gasteiger partial charge in [-0.15, -0.1) is 0 Å². The second-order valence-electron chi connectivity index (χ2n) is 5.86. The van der Waals surface area contributed by atoms with Crippen LogP contribution in [0, 0.1) is 5.82 Å². The topological polar surface area (TPSA) is 41.1 Å². The fourth-order valence-corrected chi connectivity index (χ4v) is 1.90. The van der Waals surface area contributed by atoms with Gasteiger partial charge in [-0.05, 0) is 40.2 Å². The monoisotopic (exact) mass is 280 g/mol. The molecule has 0 heterocycles. The molecule has 0 saturated carbocycles. The molecule has 0 aromatic heterocycles. The lowest BCUT2D eigenvalue weighted by atomic mass is 10.0. The first-order valence-electron chi connectivity index (χ1n) is 7.09. The molecule has 0 radical (unpaired) electrons. The van der Waals surface area contributed by atoms with Crippen molar-refractivity contribution in [1.29, 1.82) is 0 Å². The Morgan fingerprint density at radius 2 is 1.90 bits per heavy atom. The van der Waals surface area contributed by atoms with Crippen molar-refractivity contribution in [3.63, 3.8) is 0 Å². The summed E-state index contributed by atoms with van der Waals surface area (Å²) in [5.41, 5.74) is 0.343. The first-order valence-corrected chi connectivity index (χ1v) is 7.09. The van der Waals surface area contributed by atoms with Crippen molar-refractivity contribution in [2.45, 2.75) is 58.7 Å². The highest BCUT2D eigenvalue weighted by Gasteiger charge is 2.23. The van der Waals surface area contributed by atoms with Gasteiger partial charge >= 0.3 is 0 Å². The number of carbonyl (C=O) groups is 1. The molecule has 3 nitrogen and oxygen atoms in total. The molecule has 1 aromatic carbocycles. The molecular weight excluding hydrogens is 255 g/mol. The van der Waals surface area contributed by atoms with E-state index in [4.69, 9.17) is 0 Å². The predicted octanol–water partition coefficient (Wildman–Crippen LogP) is 3.17. The molecule has 0 fully saturated rings. The summed E-state index contributed by atoms with van der Waals surface area (Å²) in [7, 11) is 0. The highest BCUT2D eigenvalue weighted by Crippen LogP contribution is 2.17. The van der Waals surface area contributed by atoms with Gasteiger partial charge in [0.15, 0.2) is 0 Å². The van der Waals surface area contributed by atoms with E-state index in [2.05, 4.69) is 10.6 Å². The number of carbonyl (C=O) groups excluding carboxylic acids is 1. The average Bonchev–Trinajstić information content (AvgIpc) is 2.38. The fourth-order valence-electron chi connectivity index (χ4n) is 1.90. The quantitative estimate of drug-likeness (QED) is 0.840. The van der Waals surface area contributed by atoms with Crippen LogP contribution in [0.4, 0.5) is 4.39 Å². The maximum absolute atomic E-state index is 13.7. The summed E-state index contributed by atoms with van der Waals surface area (Å²) in [6.07, 6.45) is 0.855. The summed E-state index contributed by atoms with van der Waals surface area (Å²) in [6.45, 7) is 9.64. The van der Waals surface area contributed by atoms with Crippen LogP contribution >= 0.6 is 0 Å². The molecule has 112 valence electrons. The van der Waals surface area contributed by atoms with Crippen LogP contribution in [0.25, 0.3) is 0 Å². The lowest BCUT2D eigenvalue weighted by molar-refractivity contribution is -0.124. The highest BCUT2D eigenvalue weighted by atomic mass is 19.1. The summed E-state index contributed by atoms with van der Waals surface area (Å²) >= 11 is 0. The Balaban J connectivity index is 2.64. The van der Waals surface area contributed by atoms with Crippen molar-refractivity contribution in [1.82, 2.24) is 10.6 Å². The Morgan fingerprint density at radius 1 is 1.30 bits per heavy atom. The lowest BCUT2D eigenvalue weighted by Gasteiger charge is -2.28. The van der Waals surface area contributed by atoms with Crippen molar-refractivity contribution < 1.29 is 9.18 Å². The fraction of sp³-hybridized carbons (Fsp3) is 0.562. The number of nitrogens with one attached hydrogen (secondary N) is 2. The second-order valence-corrected chi connectivity index (χ2v) is 5.86. The third-order valence-electron chi connectivity index (χ3n) is 3.61. The van der Waals surface area contributed by atoms with E-state index in [9.17, 15) is 9.18 Å². The Kier molecular flexibility index (Phi) is 5.69. The molecule has 2 unspecified atom stereocenters. The van der Waals surface area contributed by atoms with Crippen molar-refractivity contribution in [3.05, 3.63) is 35.6 Å². The molecule has 0 aliphatic carbocycles. The first kappa shape index (κ1) is 16.6. The summed E-state index contributed by atoms with van der Waals surface area (Å²) in [6, 6.07) is 6.01. The zero-order chi connectivity index (χ0) is 15.3. The molecule has 2 N–H and O–H groups in total. The predicted molar refractivity (Wildman–Crippen MR) is 79.9 cm³/mol. The van der Waals surface area contributed by atoms with Crippen LogP contribution in [-0.4, -0.2) is 17.5 Å². The summed E-state index contributed by atoms with van der Waals surface area (Å²) < 4.78 is 13.7. The van der Waals surface area contributed by atoms with Gasteiger partial charge in [0.25, 0.3) is 0 Å². The van der Waals surface area contributed by atoms with Gasteiger partial charge < -0.3 is 5.32 Å². The van der Waals surface area contributed by atoms with Crippen molar-refractivity contribution in [3.8, 4) is 0 Å². The zero-order valence-corrected chi connectivity index (χ0v) is 13.0. The average molecular weight is 280 g/mol. The number of rotatable bonds is 6. The van der Waals surface area contributed by atoms with E-state index in [1.54, 1.807) is 25.1 Å². The molecule has 1 rings (SSSR count). The van der Waals surface area contributed by atoms with Gasteiger partial charge in [-0.2, -0.15) is 0 Å². The molecule has 1 aromatic rings. The SMILES string of the molecule is CCC(C)(C)NC(=O)C(C)NC(C)c1ccccc1F. The van der Waals surface area contributed by atoms with Gasteiger partial charge in [0.05, 0.1) is 6.04 Å². The first-order chi connectivity index (χ1) is 9.26. The van der Waals surface area contributed by atoms with Gasteiger partial charge in [0.1, 0.15) is 5.82 Å². The molecular formula is C16H25FN2O. The van der Waals surface area contributed by atoms with Crippen molar-refractivity contribution in [2.24, 2.45) is 0 Å². The van der Waals surface area contributed by atoms with Crippen LogP contribution in [-0.2, 0) is 4.79 Å². The maximum Gasteiger partial charge on any atom is 0.237 e. The van der Waals surface area contributed by atoms with Gasteiger partial charge in [0.2, 0.25) is 5.91 Å². The minimum Gasteiger partial charge on any atom is -0.350 e. The zero-order valence-electron chi connectivity index (χ0n) is 13.0. The van der Waals surface area contributed by atoms with Crippen molar-refractivity contribution in [2.75, 3.05) is 0 Å². The number of hydrogen-bond acceptors (Lipinski definition) is 2. The van der Waals surface area contributed by atoms with Crippen LogP contribution in [0.1, 0.15) is 52.6 Å². The standard InChI is InChI=1S/C16H25FN2O/c1-6-16(4,5)19-15(20)12(3)18-11(2)13-9-7-8-10-14(13)17/h7-12,18H,6H2,1-5H3,(H,19,20). The minimum absolute atomic E-state index is 0.0694. The highest BCUT2D eigenvalue weighted by molar-refractivity contribution is 5.82. The van der Waals surface area contributed by atoms with E-state index in [1.807, 2.05) is 27.7 Å². The third kappa shape index (κ3) is 4.60. The maximum atomic E-state index is 13.7. The second kappa shape index (κ2) is 6.84. The van der Waals surface area contributed by atoms with Crippen molar-refractivity contribution >= 4 is 5.91 Å². The van der Waals surface area contributed by atoms with Gasteiger partial charge in [-0.3, -0.25) is 10.1 Å². The number of amides is 1. The van der Waals surface area contributed by atoms with Gasteiger partial charge in [0, 0.05) is 17.1 Å². The van der Waals surface area contributed by atoms with E-state index >= 15 is 0 Å². The van der Waals surface area contributed by atoms with E-state index < -0.39 is 0 Å². The van der Waals surface area contributed by atoms with E-state index in [-0.39, 0.29) is 29.3 Å². The third-order valence-corrected chi connectivity index (χ3v) is 3.61. The van der Waals surface area contributed by atoms with E-state index in [0.29, 0.717) is 5.56 Å². The number of halogens is 1. The van der Waals surface area contributed by atoms with Crippen LogP contribution < -0.4 is 10.6 Å². The Hall–Kier alpha value is -1.42. The summed E-state index contributed by atoms with van der Waals surface area (Å²) in [5.74, 6) is -0.325. The summed E-state index contributed by atoms with van der Waals surface area (Å²) in [5, 5.41) is 6.11. The van der Waals surface area contributed by atoms with E-state index in [0.717, 1.165) is 6.42 Å². The Labute approximate surface area is 121 Å². The number of hydrogen-bond donors (Lipinski definition) is 2. The van der Waals surface area contributed by atoms with Crippen LogP contribution in [0.3, 0.4) is 0 Å². The molecule has 4 heteroatoms. The van der Waals surface area contributed by atoms with Crippen LogP contribution in [0.2, 0.25) is 0 Å². The van der Waals surface area contributed by atoms with Gasteiger partial charge in [-0.25, -0.2) is 4.39 Å². The number of benzene rings is 1. The van der Waals surface area contributed by atoms with Crippen LogP contribution in [0.15, 0.2) is 24.3 Å². The van der Waals surface area contributed by atoms with Crippen LogP contribution in [0.5, 0.6) is 0 Å². The molecule has 20 heavy (non-hydrogen) atoms. The molecule has 2 atom stereocenters. The van der Waals surface area contributed by atoms with E-state index in [1.165, 1.54) is 6.07 Å². The Bertz CT molecular complexity index is 460. The molecule has 0 spiro atoms. The molecule has 0 saturated heterocycles. The lowest BCUT2D eigenvalue weighted by Crippen LogP contribution is -2.51. The molecule has 0 aliphatic heterocycles. The largest absolute Gasteiger partial charge is 0.350 e. The molecule has 0 bridgehead atoms. The Morgan fingerprint density at radius 3 is 2.45 bits per heavy atom. The summed E-state index contributed by atoms with van der Waals surface area (Å²) in [4.78, 5) is 12.1. The smallest absolute Gasteiger partial charge is 0.237 e. The minimum atomic E-state index is -0.379.